The van der Waals surface area contributed by atoms with Crippen LogP contribution in [-0.2, 0) is 23.0 Å². The average Bonchev–Trinajstić information content (AvgIpc) is 3.13. The fourth-order valence-corrected chi connectivity index (χ4v) is 4.60. The van der Waals surface area contributed by atoms with Gasteiger partial charge < -0.3 is 5.32 Å². The fraction of sp³-hybridized carbons (Fsp3) is 0.304. The number of carbonyl (C=O) groups excluding carboxylic acids is 1. The van der Waals surface area contributed by atoms with Gasteiger partial charge in [-0.15, -0.1) is 0 Å². The molecule has 1 atom stereocenters. The van der Waals surface area contributed by atoms with Crippen molar-refractivity contribution < 1.29 is 13.2 Å². The standard InChI is InChI=1S/C23H26N4O3S/c1-16-11-12-18(13-21(16)26-31(2,29)30)23(28)25-20-9-6-10-22-19(20)14-24-27(22)15-17-7-4-3-5-8-17/h3-5,7-8,11-14,20,26H,6,9-10,15H2,1-2H3,(H,25,28). The van der Waals surface area contributed by atoms with E-state index >= 15 is 0 Å². The number of rotatable bonds is 6. The predicted molar refractivity (Wildman–Crippen MR) is 121 cm³/mol. The van der Waals surface area contributed by atoms with Crippen LogP contribution in [0.25, 0.3) is 0 Å². The van der Waals surface area contributed by atoms with Gasteiger partial charge in [0.1, 0.15) is 0 Å². The number of anilines is 1. The van der Waals surface area contributed by atoms with Crippen molar-refractivity contribution in [1.29, 1.82) is 0 Å². The molecule has 1 unspecified atom stereocenters. The number of nitrogens with zero attached hydrogens (tertiary/aromatic N) is 2. The minimum absolute atomic E-state index is 0.117. The minimum atomic E-state index is -3.43. The maximum atomic E-state index is 12.9. The van der Waals surface area contributed by atoms with Crippen molar-refractivity contribution in [3.8, 4) is 0 Å². The average molecular weight is 439 g/mol. The molecule has 4 rings (SSSR count). The smallest absolute Gasteiger partial charge is 0.251 e. The Morgan fingerprint density at radius 2 is 1.97 bits per heavy atom. The number of hydrogen-bond donors (Lipinski definition) is 2. The van der Waals surface area contributed by atoms with Crippen LogP contribution in [-0.4, -0.2) is 30.4 Å². The molecule has 162 valence electrons. The van der Waals surface area contributed by atoms with Gasteiger partial charge in [-0.3, -0.25) is 14.2 Å². The van der Waals surface area contributed by atoms with E-state index in [1.165, 1.54) is 5.56 Å². The Bertz CT molecular complexity index is 1200. The van der Waals surface area contributed by atoms with E-state index in [2.05, 4.69) is 27.3 Å². The molecule has 2 aromatic carbocycles. The molecule has 0 radical (unpaired) electrons. The highest BCUT2D eigenvalue weighted by atomic mass is 32.2. The van der Waals surface area contributed by atoms with Crippen LogP contribution in [0.5, 0.6) is 0 Å². The molecule has 3 aromatic rings. The van der Waals surface area contributed by atoms with Gasteiger partial charge in [0.15, 0.2) is 0 Å². The Balaban J connectivity index is 1.52. The van der Waals surface area contributed by atoms with Gasteiger partial charge >= 0.3 is 0 Å². The number of nitrogens with one attached hydrogen (secondary N) is 2. The first-order valence-corrected chi connectivity index (χ1v) is 12.2. The Labute approximate surface area is 182 Å². The molecule has 0 aliphatic heterocycles. The lowest BCUT2D eigenvalue weighted by Crippen LogP contribution is -2.31. The molecule has 1 aliphatic rings. The van der Waals surface area contributed by atoms with E-state index in [9.17, 15) is 13.2 Å². The Hall–Kier alpha value is -3.13. The molecule has 0 spiro atoms. The molecule has 1 aliphatic carbocycles. The van der Waals surface area contributed by atoms with E-state index in [0.717, 1.165) is 42.3 Å². The number of hydrogen-bond acceptors (Lipinski definition) is 4. The van der Waals surface area contributed by atoms with Gasteiger partial charge in [0.2, 0.25) is 10.0 Å². The van der Waals surface area contributed by atoms with Gasteiger partial charge in [0.05, 0.1) is 30.7 Å². The largest absolute Gasteiger partial charge is 0.345 e. The van der Waals surface area contributed by atoms with E-state index in [1.54, 1.807) is 25.1 Å². The Morgan fingerprint density at radius 1 is 1.19 bits per heavy atom. The second-order valence-corrected chi connectivity index (χ2v) is 9.76. The highest BCUT2D eigenvalue weighted by Crippen LogP contribution is 2.30. The predicted octanol–water partition coefficient (Wildman–Crippen LogP) is 3.42. The molecule has 8 heteroatoms. The van der Waals surface area contributed by atoms with Gasteiger partial charge in [-0.1, -0.05) is 36.4 Å². The topological polar surface area (TPSA) is 93.1 Å². The summed E-state index contributed by atoms with van der Waals surface area (Å²) in [5.41, 5.74) is 4.98. The number of aromatic nitrogens is 2. The summed E-state index contributed by atoms with van der Waals surface area (Å²) >= 11 is 0. The number of sulfonamides is 1. The zero-order chi connectivity index (χ0) is 22.0. The quantitative estimate of drug-likeness (QED) is 0.617. The molecule has 1 amide bonds. The third kappa shape index (κ3) is 4.96. The van der Waals surface area contributed by atoms with Crippen molar-refractivity contribution >= 4 is 21.6 Å². The van der Waals surface area contributed by atoms with E-state index < -0.39 is 10.0 Å². The summed E-state index contributed by atoms with van der Waals surface area (Å²) in [5, 5.41) is 7.69. The first-order valence-electron chi connectivity index (χ1n) is 10.3. The maximum absolute atomic E-state index is 12.9. The molecule has 31 heavy (non-hydrogen) atoms. The zero-order valence-corrected chi connectivity index (χ0v) is 18.4. The second kappa shape index (κ2) is 8.55. The highest BCUT2D eigenvalue weighted by molar-refractivity contribution is 7.92. The molecule has 1 heterocycles. The zero-order valence-electron chi connectivity index (χ0n) is 17.6. The van der Waals surface area contributed by atoms with Crippen LogP contribution in [0.4, 0.5) is 5.69 Å². The van der Waals surface area contributed by atoms with Gasteiger partial charge in [-0.2, -0.15) is 5.10 Å². The molecule has 1 aromatic heterocycles. The molecule has 2 N–H and O–H groups in total. The van der Waals surface area contributed by atoms with Crippen LogP contribution in [0, 0.1) is 6.92 Å². The summed E-state index contributed by atoms with van der Waals surface area (Å²) in [4.78, 5) is 12.9. The van der Waals surface area contributed by atoms with Crippen molar-refractivity contribution in [3.05, 3.63) is 82.7 Å². The molecule has 0 saturated carbocycles. The molecule has 7 nitrogen and oxygen atoms in total. The number of benzene rings is 2. The van der Waals surface area contributed by atoms with E-state index in [-0.39, 0.29) is 11.9 Å². The van der Waals surface area contributed by atoms with Crippen LogP contribution in [0.2, 0.25) is 0 Å². The lowest BCUT2D eigenvalue weighted by atomic mass is 9.92. The molecular formula is C23H26N4O3S. The Morgan fingerprint density at radius 3 is 2.71 bits per heavy atom. The lowest BCUT2D eigenvalue weighted by Gasteiger charge is -2.24. The van der Waals surface area contributed by atoms with Crippen LogP contribution in [0.3, 0.4) is 0 Å². The van der Waals surface area contributed by atoms with Crippen LogP contribution in [0.1, 0.15) is 51.6 Å². The molecule has 0 bridgehead atoms. The molecular weight excluding hydrogens is 412 g/mol. The third-order valence-corrected chi connectivity index (χ3v) is 6.13. The second-order valence-electron chi connectivity index (χ2n) is 8.01. The molecule has 0 fully saturated rings. The summed E-state index contributed by atoms with van der Waals surface area (Å²) in [7, 11) is -3.43. The lowest BCUT2D eigenvalue weighted by molar-refractivity contribution is 0.0932. The number of fused-ring (bicyclic) bond motifs is 1. The minimum Gasteiger partial charge on any atom is -0.345 e. The summed E-state index contributed by atoms with van der Waals surface area (Å²) in [6.07, 6.45) is 5.69. The number of amides is 1. The summed E-state index contributed by atoms with van der Waals surface area (Å²) < 4.78 is 27.7. The van der Waals surface area contributed by atoms with E-state index in [1.807, 2.05) is 29.1 Å². The van der Waals surface area contributed by atoms with Crippen molar-refractivity contribution in [3.63, 3.8) is 0 Å². The molecule has 0 saturated heterocycles. The van der Waals surface area contributed by atoms with Crippen LogP contribution < -0.4 is 10.0 Å². The van der Waals surface area contributed by atoms with E-state index in [4.69, 9.17) is 0 Å². The number of aryl methyl sites for hydroxylation is 1. The van der Waals surface area contributed by atoms with Gasteiger partial charge in [0, 0.05) is 16.8 Å². The van der Waals surface area contributed by atoms with Crippen molar-refractivity contribution in [2.24, 2.45) is 0 Å². The highest BCUT2D eigenvalue weighted by Gasteiger charge is 2.26. The van der Waals surface area contributed by atoms with Crippen molar-refractivity contribution in [2.75, 3.05) is 11.0 Å². The summed E-state index contributed by atoms with van der Waals surface area (Å²) in [6.45, 7) is 2.50. The van der Waals surface area contributed by atoms with Crippen LogP contribution in [0.15, 0.2) is 54.7 Å². The fourth-order valence-electron chi connectivity index (χ4n) is 3.98. The van der Waals surface area contributed by atoms with Crippen molar-refractivity contribution in [2.45, 2.75) is 38.8 Å². The number of carbonyl (C=O) groups is 1. The SMILES string of the molecule is Cc1ccc(C(=O)NC2CCCc3c2cnn3Cc2ccccc2)cc1NS(C)(=O)=O. The summed E-state index contributed by atoms with van der Waals surface area (Å²) in [6, 6.07) is 15.1. The maximum Gasteiger partial charge on any atom is 0.251 e. The van der Waals surface area contributed by atoms with Gasteiger partial charge in [-0.25, -0.2) is 8.42 Å². The first-order chi connectivity index (χ1) is 14.8. The van der Waals surface area contributed by atoms with Gasteiger partial charge in [-0.05, 0) is 49.4 Å². The van der Waals surface area contributed by atoms with E-state index in [0.29, 0.717) is 17.8 Å². The van der Waals surface area contributed by atoms with Crippen molar-refractivity contribution in [1.82, 2.24) is 15.1 Å². The normalized spacial score (nSPS) is 15.9. The first kappa shape index (κ1) is 21.1. The third-order valence-electron chi connectivity index (χ3n) is 5.54. The Kier molecular flexibility index (Phi) is 5.82. The van der Waals surface area contributed by atoms with Crippen LogP contribution >= 0.6 is 0 Å². The van der Waals surface area contributed by atoms with Gasteiger partial charge in [0.25, 0.3) is 5.91 Å². The summed E-state index contributed by atoms with van der Waals surface area (Å²) in [5.74, 6) is -0.231. The monoisotopic (exact) mass is 438 g/mol.